The molecule has 0 aliphatic heterocycles. The average Bonchev–Trinajstić information content (AvgIpc) is 2.78. The van der Waals surface area contributed by atoms with Gasteiger partial charge in [-0.1, -0.05) is 30.3 Å². The van der Waals surface area contributed by atoms with E-state index in [1.165, 1.54) is 31.4 Å². The molecule has 1 heterocycles. The fourth-order valence-electron chi connectivity index (χ4n) is 2.65. The van der Waals surface area contributed by atoms with E-state index in [9.17, 15) is 13.2 Å². The zero-order valence-corrected chi connectivity index (χ0v) is 16.9. The number of hydrogen-bond donors (Lipinski definition) is 1. The Morgan fingerprint density at radius 2 is 1.76 bits per heavy atom. The van der Waals surface area contributed by atoms with Gasteiger partial charge in [-0.3, -0.25) is 14.1 Å². The molecule has 0 aliphatic carbocycles. The number of carbonyl (C=O) groups excluding carboxylic acids is 1. The molecule has 3 aromatic rings. The van der Waals surface area contributed by atoms with Gasteiger partial charge >= 0.3 is 0 Å². The van der Waals surface area contributed by atoms with Crippen LogP contribution in [-0.2, 0) is 16.6 Å². The van der Waals surface area contributed by atoms with E-state index in [-0.39, 0.29) is 10.6 Å². The first-order valence-electron chi connectivity index (χ1n) is 8.83. The number of hydrogen-bond acceptors (Lipinski definition) is 5. The number of aromatic nitrogens is 1. The number of sulfonamides is 1. The Balaban J connectivity index is 1.73. The summed E-state index contributed by atoms with van der Waals surface area (Å²) in [6.07, 6.45) is 1.41. The number of amides is 1. The maximum absolute atomic E-state index is 12.8. The third-order valence-corrected chi connectivity index (χ3v) is 6.15. The molecule has 29 heavy (non-hydrogen) atoms. The summed E-state index contributed by atoms with van der Waals surface area (Å²) >= 11 is 0. The Labute approximate surface area is 170 Å². The average molecular weight is 411 g/mol. The lowest BCUT2D eigenvalue weighted by molar-refractivity contribution is 0.0946. The van der Waals surface area contributed by atoms with Gasteiger partial charge < -0.3 is 10.1 Å². The third kappa shape index (κ3) is 4.72. The monoisotopic (exact) mass is 411 g/mol. The summed E-state index contributed by atoms with van der Waals surface area (Å²) in [5, 5.41) is 2.78. The molecule has 0 unspecified atom stereocenters. The van der Waals surface area contributed by atoms with Crippen LogP contribution >= 0.6 is 0 Å². The zero-order valence-electron chi connectivity index (χ0n) is 16.1. The van der Waals surface area contributed by atoms with Gasteiger partial charge in [0, 0.05) is 19.8 Å². The van der Waals surface area contributed by atoms with Gasteiger partial charge in [-0.25, -0.2) is 8.42 Å². The Bertz CT molecular complexity index is 1080. The van der Waals surface area contributed by atoms with E-state index >= 15 is 0 Å². The smallest absolute Gasteiger partial charge is 0.270 e. The molecule has 0 saturated carbocycles. The predicted octanol–water partition coefficient (Wildman–Crippen LogP) is 2.85. The molecule has 3 rings (SSSR count). The highest BCUT2D eigenvalue weighted by atomic mass is 32.2. The van der Waals surface area contributed by atoms with Crippen molar-refractivity contribution in [2.75, 3.05) is 18.5 Å². The topological polar surface area (TPSA) is 88.6 Å². The quantitative estimate of drug-likeness (QED) is 0.646. The van der Waals surface area contributed by atoms with E-state index in [2.05, 4.69) is 10.3 Å². The zero-order chi connectivity index (χ0) is 20.9. The summed E-state index contributed by atoms with van der Waals surface area (Å²) in [6.45, 7) is 0.312. The van der Waals surface area contributed by atoms with Crippen molar-refractivity contribution in [3.8, 4) is 5.75 Å². The van der Waals surface area contributed by atoms with Crippen LogP contribution in [0.4, 0.5) is 5.69 Å². The number of methoxy groups -OCH3 is 1. The van der Waals surface area contributed by atoms with Gasteiger partial charge in [-0.2, -0.15) is 0 Å². The van der Waals surface area contributed by atoms with Crippen LogP contribution in [0.3, 0.4) is 0 Å². The van der Waals surface area contributed by atoms with Crippen molar-refractivity contribution < 1.29 is 17.9 Å². The van der Waals surface area contributed by atoms with Crippen LogP contribution in [0.15, 0.2) is 77.8 Å². The van der Waals surface area contributed by atoms with Gasteiger partial charge in [0.05, 0.1) is 17.7 Å². The molecule has 0 saturated heterocycles. The summed E-state index contributed by atoms with van der Waals surface area (Å²) in [7, 11) is -0.705. The number of benzene rings is 2. The number of anilines is 1. The minimum atomic E-state index is -3.73. The summed E-state index contributed by atoms with van der Waals surface area (Å²) in [5.74, 6) is 0.338. The first kappa shape index (κ1) is 20.3. The van der Waals surface area contributed by atoms with Crippen molar-refractivity contribution in [3.63, 3.8) is 0 Å². The molecule has 2 aromatic carbocycles. The molecular formula is C21H21N3O4S. The largest absolute Gasteiger partial charge is 0.497 e. The number of nitrogens with zero attached hydrogens (tertiary/aromatic N) is 2. The van der Waals surface area contributed by atoms with E-state index in [0.717, 1.165) is 15.6 Å². The van der Waals surface area contributed by atoms with Crippen molar-refractivity contribution in [3.05, 3.63) is 84.2 Å². The second-order valence-corrected chi connectivity index (χ2v) is 8.18. The summed E-state index contributed by atoms with van der Waals surface area (Å²) in [5.41, 5.74) is 1.38. The number of pyridine rings is 1. The van der Waals surface area contributed by atoms with E-state index in [1.54, 1.807) is 31.4 Å². The van der Waals surface area contributed by atoms with Gasteiger partial charge in [-0.05, 0) is 42.0 Å². The van der Waals surface area contributed by atoms with E-state index < -0.39 is 15.9 Å². The second kappa shape index (κ2) is 8.74. The van der Waals surface area contributed by atoms with Crippen LogP contribution < -0.4 is 14.4 Å². The second-order valence-electron chi connectivity index (χ2n) is 6.22. The molecule has 1 N–H and O–H groups in total. The fourth-order valence-corrected chi connectivity index (χ4v) is 3.85. The van der Waals surface area contributed by atoms with Crippen molar-refractivity contribution in [2.45, 2.75) is 11.4 Å². The number of carbonyl (C=O) groups is 1. The molecule has 0 atom stereocenters. The molecule has 150 valence electrons. The maximum Gasteiger partial charge on any atom is 0.270 e. The van der Waals surface area contributed by atoms with Gasteiger partial charge in [0.1, 0.15) is 11.4 Å². The van der Waals surface area contributed by atoms with E-state index in [1.807, 2.05) is 24.3 Å². The number of rotatable bonds is 7. The summed E-state index contributed by atoms with van der Waals surface area (Å²) in [4.78, 5) is 16.7. The van der Waals surface area contributed by atoms with Gasteiger partial charge in [0.15, 0.2) is 0 Å². The molecule has 8 heteroatoms. The van der Waals surface area contributed by atoms with Gasteiger partial charge in [-0.15, -0.1) is 0 Å². The molecule has 0 bridgehead atoms. The maximum atomic E-state index is 12.8. The SMILES string of the molecule is COc1ccc(CNC(=O)c2cc(N(C)S(=O)(=O)c3ccccc3)ccn2)cc1. The molecule has 1 amide bonds. The highest BCUT2D eigenvalue weighted by molar-refractivity contribution is 7.92. The van der Waals surface area contributed by atoms with Crippen molar-refractivity contribution >= 4 is 21.6 Å². The third-order valence-electron chi connectivity index (χ3n) is 4.35. The molecule has 0 radical (unpaired) electrons. The minimum absolute atomic E-state index is 0.131. The van der Waals surface area contributed by atoms with Crippen LogP contribution in [0.5, 0.6) is 5.75 Å². The highest BCUT2D eigenvalue weighted by Gasteiger charge is 2.22. The molecule has 7 nitrogen and oxygen atoms in total. The predicted molar refractivity (Wildman–Crippen MR) is 110 cm³/mol. The lowest BCUT2D eigenvalue weighted by Gasteiger charge is -2.19. The molecule has 0 spiro atoms. The van der Waals surface area contributed by atoms with Crippen LogP contribution in [-0.4, -0.2) is 33.5 Å². The minimum Gasteiger partial charge on any atom is -0.497 e. The Morgan fingerprint density at radius 1 is 1.07 bits per heavy atom. The van der Waals surface area contributed by atoms with Crippen LogP contribution in [0, 0.1) is 0 Å². The first-order valence-corrected chi connectivity index (χ1v) is 10.3. The van der Waals surface area contributed by atoms with Gasteiger partial charge in [0.25, 0.3) is 15.9 Å². The Morgan fingerprint density at radius 3 is 2.41 bits per heavy atom. The van der Waals surface area contributed by atoms with Crippen molar-refractivity contribution in [1.82, 2.24) is 10.3 Å². The number of ether oxygens (including phenoxy) is 1. The standard InChI is InChI=1S/C21H21N3O4S/c1-24(29(26,27)19-6-4-3-5-7-19)17-12-13-22-20(14-17)21(25)23-15-16-8-10-18(28-2)11-9-16/h3-14H,15H2,1-2H3,(H,23,25). The fraction of sp³-hybridized carbons (Fsp3) is 0.143. The lowest BCUT2D eigenvalue weighted by atomic mass is 10.2. The Kier molecular flexibility index (Phi) is 6.13. The van der Waals surface area contributed by atoms with Crippen molar-refractivity contribution in [2.24, 2.45) is 0 Å². The number of nitrogens with one attached hydrogen (secondary N) is 1. The van der Waals surface area contributed by atoms with Crippen LogP contribution in [0.2, 0.25) is 0 Å². The summed E-state index contributed by atoms with van der Waals surface area (Å²) in [6, 6.07) is 18.4. The van der Waals surface area contributed by atoms with Crippen LogP contribution in [0.25, 0.3) is 0 Å². The first-order chi connectivity index (χ1) is 13.9. The normalized spacial score (nSPS) is 11.0. The molecular weight excluding hydrogens is 390 g/mol. The lowest BCUT2D eigenvalue weighted by Crippen LogP contribution is -2.28. The van der Waals surface area contributed by atoms with Crippen molar-refractivity contribution in [1.29, 1.82) is 0 Å². The van der Waals surface area contributed by atoms with E-state index in [4.69, 9.17) is 4.74 Å². The van der Waals surface area contributed by atoms with Crippen LogP contribution in [0.1, 0.15) is 16.1 Å². The highest BCUT2D eigenvalue weighted by Crippen LogP contribution is 2.22. The molecule has 0 aliphatic rings. The molecule has 1 aromatic heterocycles. The van der Waals surface area contributed by atoms with Gasteiger partial charge in [0.2, 0.25) is 0 Å². The van der Waals surface area contributed by atoms with E-state index in [0.29, 0.717) is 12.2 Å². The molecule has 0 fully saturated rings. The Hall–Kier alpha value is -3.39. The summed E-state index contributed by atoms with van der Waals surface area (Å²) < 4.78 is 31.8.